The van der Waals surface area contributed by atoms with Crippen molar-refractivity contribution < 1.29 is 5.11 Å². The highest BCUT2D eigenvalue weighted by atomic mass is 16.3. The number of aliphatic hydroxyl groups is 1. The van der Waals surface area contributed by atoms with Gasteiger partial charge in [0.25, 0.3) is 0 Å². The fraction of sp³-hybridized carbons (Fsp3) is 0.294. The zero-order valence-corrected chi connectivity index (χ0v) is 12.7. The summed E-state index contributed by atoms with van der Waals surface area (Å²) in [6.45, 7) is 4.17. The molecule has 0 radical (unpaired) electrons. The lowest BCUT2D eigenvalue weighted by molar-refractivity contribution is 0.162. The molecule has 1 atom stereocenters. The van der Waals surface area contributed by atoms with Gasteiger partial charge in [0, 0.05) is 0 Å². The minimum atomic E-state index is -0.670. The molecule has 2 heterocycles. The second-order valence-corrected chi connectivity index (χ2v) is 5.47. The van der Waals surface area contributed by atoms with Crippen LogP contribution in [0.15, 0.2) is 47.3 Å². The second-order valence-electron chi connectivity index (χ2n) is 5.47. The van der Waals surface area contributed by atoms with E-state index in [0.717, 1.165) is 11.3 Å². The first-order valence-electron chi connectivity index (χ1n) is 7.42. The van der Waals surface area contributed by atoms with Gasteiger partial charge in [0.1, 0.15) is 0 Å². The molecule has 0 bridgehead atoms. The van der Waals surface area contributed by atoms with E-state index in [2.05, 4.69) is 5.10 Å². The van der Waals surface area contributed by atoms with Crippen molar-refractivity contribution in [2.45, 2.75) is 32.9 Å². The fourth-order valence-electron chi connectivity index (χ4n) is 2.64. The van der Waals surface area contributed by atoms with Crippen LogP contribution in [-0.4, -0.2) is 19.3 Å². The zero-order valence-electron chi connectivity index (χ0n) is 12.7. The molecule has 22 heavy (non-hydrogen) atoms. The summed E-state index contributed by atoms with van der Waals surface area (Å²) in [4.78, 5) is 12.7. The van der Waals surface area contributed by atoms with E-state index in [1.54, 1.807) is 4.57 Å². The Balaban J connectivity index is 2.20. The monoisotopic (exact) mass is 297 g/mol. The molecule has 0 aliphatic carbocycles. The van der Waals surface area contributed by atoms with Crippen LogP contribution in [0.25, 0.3) is 5.52 Å². The minimum Gasteiger partial charge on any atom is -0.387 e. The highest BCUT2D eigenvalue weighted by molar-refractivity contribution is 5.48. The van der Waals surface area contributed by atoms with E-state index in [4.69, 9.17) is 0 Å². The summed E-state index contributed by atoms with van der Waals surface area (Å²) in [6.07, 6.45) is -0.117. The quantitative estimate of drug-likeness (QED) is 0.804. The molecule has 0 saturated carbocycles. The van der Waals surface area contributed by atoms with Crippen LogP contribution in [0.5, 0.6) is 0 Å². The van der Waals surface area contributed by atoms with E-state index in [0.29, 0.717) is 24.2 Å². The third-order valence-corrected chi connectivity index (χ3v) is 3.79. The Bertz CT molecular complexity index is 849. The zero-order chi connectivity index (χ0) is 15.7. The summed E-state index contributed by atoms with van der Waals surface area (Å²) in [5.74, 6) is 0. The Hall–Kier alpha value is -2.40. The van der Waals surface area contributed by atoms with Gasteiger partial charge in [-0.1, -0.05) is 37.3 Å². The average Bonchev–Trinajstić information content (AvgIpc) is 2.91. The number of hydrogen-bond acceptors (Lipinski definition) is 3. The molecule has 114 valence electrons. The predicted octanol–water partition coefficient (Wildman–Crippen LogP) is 2.30. The molecule has 5 heteroatoms. The van der Waals surface area contributed by atoms with E-state index >= 15 is 0 Å². The lowest BCUT2D eigenvalue weighted by Crippen LogP contribution is -2.31. The maximum atomic E-state index is 12.7. The molecule has 0 spiro atoms. The molecule has 3 rings (SSSR count). The maximum absolute atomic E-state index is 12.7. The Morgan fingerprint density at radius 3 is 2.64 bits per heavy atom. The summed E-state index contributed by atoms with van der Waals surface area (Å²) in [6, 6.07) is 13.4. The first kappa shape index (κ1) is 14.5. The molecule has 1 N–H and O–H groups in total. The molecule has 2 aromatic heterocycles. The van der Waals surface area contributed by atoms with Gasteiger partial charge in [0.2, 0.25) is 0 Å². The van der Waals surface area contributed by atoms with E-state index in [1.165, 1.54) is 4.52 Å². The van der Waals surface area contributed by atoms with E-state index in [1.807, 2.05) is 56.3 Å². The summed E-state index contributed by atoms with van der Waals surface area (Å²) in [5, 5.41) is 14.5. The van der Waals surface area contributed by atoms with Crippen molar-refractivity contribution in [1.82, 2.24) is 14.2 Å². The van der Waals surface area contributed by atoms with Crippen molar-refractivity contribution >= 4 is 5.52 Å². The van der Waals surface area contributed by atoms with Crippen LogP contribution in [0.4, 0.5) is 0 Å². The van der Waals surface area contributed by atoms with Gasteiger partial charge in [-0.2, -0.15) is 9.61 Å². The molecular formula is C17H19N3O2. The van der Waals surface area contributed by atoms with Gasteiger partial charge in [-0.25, -0.2) is 4.79 Å². The van der Waals surface area contributed by atoms with Crippen LogP contribution in [0.2, 0.25) is 0 Å². The molecule has 1 aromatic carbocycles. The van der Waals surface area contributed by atoms with Gasteiger partial charge in [-0.15, -0.1) is 0 Å². The number of aryl methyl sites for hydroxylation is 1. The molecule has 0 unspecified atom stereocenters. The highest BCUT2D eigenvalue weighted by Gasteiger charge is 2.16. The molecule has 0 fully saturated rings. The minimum absolute atomic E-state index is 0.225. The molecule has 3 aromatic rings. The van der Waals surface area contributed by atoms with E-state index in [9.17, 15) is 9.90 Å². The van der Waals surface area contributed by atoms with Crippen molar-refractivity contribution in [1.29, 1.82) is 0 Å². The molecule has 0 saturated heterocycles. The van der Waals surface area contributed by atoms with Gasteiger partial charge in [0.05, 0.1) is 29.6 Å². The third-order valence-electron chi connectivity index (χ3n) is 3.79. The van der Waals surface area contributed by atoms with Crippen molar-refractivity contribution in [3.8, 4) is 0 Å². The van der Waals surface area contributed by atoms with Crippen LogP contribution in [0.1, 0.15) is 36.4 Å². The molecule has 0 amide bonds. The molecule has 5 nitrogen and oxygen atoms in total. The number of nitrogens with zero attached hydrogens (tertiary/aromatic N) is 3. The topological polar surface area (TPSA) is 59.5 Å². The predicted molar refractivity (Wildman–Crippen MR) is 85.0 cm³/mol. The third kappa shape index (κ3) is 2.55. The molecule has 0 aliphatic heterocycles. The lowest BCUT2D eigenvalue weighted by Gasteiger charge is -2.17. The highest BCUT2D eigenvalue weighted by Crippen LogP contribution is 2.18. The van der Waals surface area contributed by atoms with E-state index in [-0.39, 0.29) is 5.69 Å². The van der Waals surface area contributed by atoms with Crippen molar-refractivity contribution in [2.24, 2.45) is 0 Å². The Kier molecular flexibility index (Phi) is 3.81. The smallest absolute Gasteiger partial charge is 0.349 e. The van der Waals surface area contributed by atoms with Crippen molar-refractivity contribution in [3.63, 3.8) is 0 Å². The van der Waals surface area contributed by atoms with Crippen LogP contribution < -0.4 is 5.69 Å². The number of fused-ring (bicyclic) bond motifs is 1. The summed E-state index contributed by atoms with van der Waals surface area (Å²) < 4.78 is 2.99. The Labute approximate surface area is 128 Å². The van der Waals surface area contributed by atoms with Gasteiger partial charge < -0.3 is 5.11 Å². The van der Waals surface area contributed by atoms with Crippen molar-refractivity contribution in [2.75, 3.05) is 0 Å². The fourth-order valence-corrected chi connectivity index (χ4v) is 2.64. The molecular weight excluding hydrogens is 278 g/mol. The van der Waals surface area contributed by atoms with Gasteiger partial charge in [-0.3, -0.25) is 4.57 Å². The standard InChI is InChI=1S/C17H19N3O2/c1-3-16(21)15-10-14-9-12(2)18-20(14)17(22)19(15)11-13-7-5-4-6-8-13/h4-10,16,21H,3,11H2,1-2H3/t16-/m1/s1. The number of rotatable bonds is 4. The van der Waals surface area contributed by atoms with Gasteiger partial charge >= 0.3 is 5.69 Å². The second kappa shape index (κ2) is 5.77. The van der Waals surface area contributed by atoms with Crippen LogP contribution in [-0.2, 0) is 6.54 Å². The van der Waals surface area contributed by atoms with Gasteiger partial charge in [0.15, 0.2) is 0 Å². The number of aliphatic hydroxyl groups excluding tert-OH is 1. The first-order chi connectivity index (χ1) is 10.6. The van der Waals surface area contributed by atoms with E-state index < -0.39 is 6.10 Å². The van der Waals surface area contributed by atoms with Gasteiger partial charge in [-0.05, 0) is 31.0 Å². The van der Waals surface area contributed by atoms with Crippen LogP contribution in [0, 0.1) is 6.92 Å². The number of hydrogen-bond donors (Lipinski definition) is 1. The summed E-state index contributed by atoms with van der Waals surface area (Å²) in [5.41, 5.74) is 2.92. The summed E-state index contributed by atoms with van der Waals surface area (Å²) in [7, 11) is 0. The first-order valence-corrected chi connectivity index (χ1v) is 7.42. The Morgan fingerprint density at radius 2 is 1.95 bits per heavy atom. The van der Waals surface area contributed by atoms with Crippen LogP contribution in [0.3, 0.4) is 0 Å². The lowest BCUT2D eigenvalue weighted by atomic mass is 10.1. The number of aromatic nitrogens is 3. The maximum Gasteiger partial charge on any atom is 0.349 e. The Morgan fingerprint density at radius 1 is 1.23 bits per heavy atom. The largest absolute Gasteiger partial charge is 0.387 e. The average molecular weight is 297 g/mol. The number of benzene rings is 1. The SMILES string of the molecule is CC[C@@H](O)c1cc2cc(C)nn2c(=O)n1Cc1ccccc1. The molecule has 0 aliphatic rings. The van der Waals surface area contributed by atoms with Crippen molar-refractivity contribution in [3.05, 3.63) is 69.9 Å². The summed E-state index contributed by atoms with van der Waals surface area (Å²) >= 11 is 0. The van der Waals surface area contributed by atoms with Crippen LogP contribution >= 0.6 is 0 Å². The normalized spacial score (nSPS) is 12.7.